The smallest absolute Gasteiger partial charge is 0.0540 e. The van der Waals surface area contributed by atoms with Gasteiger partial charge in [-0.25, -0.2) is 0 Å². The van der Waals surface area contributed by atoms with Gasteiger partial charge in [0.15, 0.2) is 0 Å². The summed E-state index contributed by atoms with van der Waals surface area (Å²) < 4.78 is 0. The molecule has 15 rings (SSSR count). The average Bonchev–Trinajstić information content (AvgIpc) is 3.90. The second-order valence-electron chi connectivity index (χ2n) is 21.8. The van der Waals surface area contributed by atoms with E-state index in [1.807, 2.05) is 0 Å². The number of hydrogen-bond donors (Lipinski definition) is 0. The van der Waals surface area contributed by atoms with Gasteiger partial charge in [-0.1, -0.05) is 182 Å². The SMILES string of the molecule is CC12C=Cc3ccc(N(c4ccccc4)c4ccccc4-c4ccccc4)c4c3C1C(=C(c1ccccc1)C=C2N(c1ccccc1)c1cccc2c1-c1ccccc1C1CC3CC5CC2CC35C1)C=C4. The van der Waals surface area contributed by atoms with Crippen LogP contribution in [0.15, 0.2) is 230 Å². The Morgan fingerprint density at radius 1 is 0.465 bits per heavy atom. The minimum absolute atomic E-state index is 0.0316. The molecule has 7 atom stereocenters. The third kappa shape index (κ3) is 6.01. The van der Waals surface area contributed by atoms with Gasteiger partial charge in [0.05, 0.1) is 17.1 Å². The molecule has 0 aromatic heterocycles. The maximum atomic E-state index is 2.71. The molecule has 8 aromatic rings. The largest absolute Gasteiger partial charge is 0.313 e. The topological polar surface area (TPSA) is 6.48 Å². The molecule has 3 saturated carbocycles. The first kappa shape index (κ1) is 41.1. The molecule has 2 nitrogen and oxygen atoms in total. The molecule has 0 aliphatic heterocycles. The molecule has 0 saturated heterocycles. The third-order valence-corrected chi connectivity index (χ3v) is 18.5. The highest BCUT2D eigenvalue weighted by Gasteiger charge is 2.64. The van der Waals surface area contributed by atoms with Crippen LogP contribution in [-0.2, 0) is 0 Å². The van der Waals surface area contributed by atoms with Crippen LogP contribution < -0.4 is 9.80 Å². The normalized spacial score (nSPS) is 25.4. The van der Waals surface area contributed by atoms with Gasteiger partial charge in [-0.05, 0) is 167 Å². The number of hydrogen-bond acceptors (Lipinski definition) is 2. The second kappa shape index (κ2) is 15.7. The van der Waals surface area contributed by atoms with E-state index in [0.717, 1.165) is 23.2 Å². The van der Waals surface area contributed by atoms with Gasteiger partial charge in [0.25, 0.3) is 0 Å². The summed E-state index contributed by atoms with van der Waals surface area (Å²) in [5, 5.41) is 0. The average molecular weight is 913 g/mol. The van der Waals surface area contributed by atoms with Gasteiger partial charge in [0.1, 0.15) is 0 Å². The summed E-state index contributed by atoms with van der Waals surface area (Å²) >= 11 is 0. The zero-order valence-corrected chi connectivity index (χ0v) is 40.3. The van der Waals surface area contributed by atoms with Crippen LogP contribution in [0.1, 0.15) is 90.2 Å². The van der Waals surface area contributed by atoms with Gasteiger partial charge >= 0.3 is 0 Å². The molecule has 0 heterocycles. The second-order valence-corrected chi connectivity index (χ2v) is 21.8. The predicted octanol–water partition coefficient (Wildman–Crippen LogP) is 18.2. The number of benzene rings is 8. The molecule has 7 aliphatic rings. The first-order valence-electron chi connectivity index (χ1n) is 26.2. The number of anilines is 5. The van der Waals surface area contributed by atoms with Gasteiger partial charge in [-0.15, -0.1) is 0 Å². The van der Waals surface area contributed by atoms with Crippen molar-refractivity contribution < 1.29 is 0 Å². The summed E-state index contributed by atoms with van der Waals surface area (Å²) in [6.07, 6.45) is 19.3. The van der Waals surface area contributed by atoms with Crippen molar-refractivity contribution in [1.29, 1.82) is 0 Å². The Morgan fingerprint density at radius 3 is 1.79 bits per heavy atom. The Kier molecular flexibility index (Phi) is 9.07. The highest BCUT2D eigenvalue weighted by molar-refractivity contribution is 5.98. The molecule has 3 bridgehead atoms. The molecular weight excluding hydrogens is 857 g/mol. The Balaban J connectivity index is 0.975. The molecule has 0 amide bonds. The van der Waals surface area contributed by atoms with E-state index in [1.165, 1.54) is 111 Å². The zero-order valence-electron chi connectivity index (χ0n) is 40.3. The van der Waals surface area contributed by atoms with Gasteiger partial charge in [0, 0.05) is 45.1 Å². The summed E-state index contributed by atoms with van der Waals surface area (Å²) in [4.78, 5) is 5.21. The molecule has 71 heavy (non-hydrogen) atoms. The van der Waals surface area contributed by atoms with Crippen LogP contribution in [0.5, 0.6) is 0 Å². The number of allylic oxidation sites excluding steroid dienone is 5. The number of fused-ring (bicyclic) bond motifs is 7. The van der Waals surface area contributed by atoms with E-state index in [4.69, 9.17) is 0 Å². The van der Waals surface area contributed by atoms with E-state index in [2.05, 4.69) is 247 Å². The van der Waals surface area contributed by atoms with E-state index in [0.29, 0.717) is 17.3 Å². The van der Waals surface area contributed by atoms with Crippen molar-refractivity contribution in [2.75, 3.05) is 9.80 Å². The maximum Gasteiger partial charge on any atom is 0.0540 e. The lowest BCUT2D eigenvalue weighted by molar-refractivity contribution is 0.00308. The molecule has 7 aliphatic carbocycles. The molecule has 3 fully saturated rings. The lowest BCUT2D eigenvalue weighted by Crippen LogP contribution is -2.41. The fraction of sp³-hybridized carbons (Fsp3) is 0.188. The molecule has 8 aromatic carbocycles. The lowest BCUT2D eigenvalue weighted by Gasteiger charge is -2.50. The Bertz CT molecular complexity index is 3560. The molecule has 0 radical (unpaired) electrons. The van der Waals surface area contributed by atoms with Crippen LogP contribution in [0.3, 0.4) is 0 Å². The highest BCUT2D eigenvalue weighted by Crippen LogP contribution is 2.75. The maximum absolute atomic E-state index is 2.71. The summed E-state index contributed by atoms with van der Waals surface area (Å²) in [6.45, 7) is 2.54. The third-order valence-electron chi connectivity index (χ3n) is 18.5. The summed E-state index contributed by atoms with van der Waals surface area (Å²) in [6, 6.07) is 75.0. The Labute approximate surface area is 418 Å². The van der Waals surface area contributed by atoms with Crippen LogP contribution in [0, 0.1) is 22.7 Å². The van der Waals surface area contributed by atoms with Crippen molar-refractivity contribution in [2.24, 2.45) is 22.7 Å². The van der Waals surface area contributed by atoms with Crippen molar-refractivity contribution in [3.05, 3.63) is 263 Å². The predicted molar refractivity (Wildman–Crippen MR) is 295 cm³/mol. The minimum atomic E-state index is -0.438. The number of rotatable bonds is 8. The summed E-state index contributed by atoms with van der Waals surface area (Å²) in [7, 11) is 0. The molecule has 0 N–H and O–H groups in total. The van der Waals surface area contributed by atoms with Crippen molar-refractivity contribution in [1.82, 2.24) is 0 Å². The van der Waals surface area contributed by atoms with Gasteiger partial charge in [-0.3, -0.25) is 0 Å². The Hall–Kier alpha value is -7.68. The first-order chi connectivity index (χ1) is 35.1. The lowest BCUT2D eigenvalue weighted by atomic mass is 9.56. The van der Waals surface area contributed by atoms with E-state index in [-0.39, 0.29) is 5.92 Å². The van der Waals surface area contributed by atoms with Crippen LogP contribution in [0.25, 0.3) is 40.0 Å². The van der Waals surface area contributed by atoms with Crippen molar-refractivity contribution >= 4 is 46.2 Å². The fourth-order valence-corrected chi connectivity index (χ4v) is 15.5. The minimum Gasteiger partial charge on any atom is -0.313 e. The van der Waals surface area contributed by atoms with Gasteiger partial charge in [-0.2, -0.15) is 0 Å². The van der Waals surface area contributed by atoms with E-state index in [9.17, 15) is 0 Å². The molecule has 1 spiro atoms. The quantitative estimate of drug-likeness (QED) is 0.150. The highest BCUT2D eigenvalue weighted by atomic mass is 15.2. The van der Waals surface area contributed by atoms with E-state index >= 15 is 0 Å². The zero-order chi connectivity index (χ0) is 46.8. The van der Waals surface area contributed by atoms with Gasteiger partial charge < -0.3 is 9.80 Å². The summed E-state index contributed by atoms with van der Waals surface area (Å²) in [5.41, 5.74) is 23.6. The van der Waals surface area contributed by atoms with Crippen molar-refractivity contribution in [3.63, 3.8) is 0 Å². The Morgan fingerprint density at radius 2 is 1.06 bits per heavy atom. The van der Waals surface area contributed by atoms with Crippen molar-refractivity contribution in [2.45, 2.75) is 56.8 Å². The van der Waals surface area contributed by atoms with Crippen molar-refractivity contribution in [3.8, 4) is 22.3 Å². The molecule has 342 valence electrons. The van der Waals surface area contributed by atoms with Gasteiger partial charge in [0.2, 0.25) is 0 Å². The van der Waals surface area contributed by atoms with Crippen LogP contribution in [-0.4, -0.2) is 0 Å². The van der Waals surface area contributed by atoms with E-state index < -0.39 is 5.41 Å². The summed E-state index contributed by atoms with van der Waals surface area (Å²) in [5.74, 6) is 2.96. The standard InChI is InChI=1S/C69H56N2/c1-68-38-37-47-33-36-62(70(52-23-10-4-11-24-52)61-31-17-16-28-55(61)45-19-6-2-7-20-45)59-35-34-58(67(68)65(47)59)60(46-21-8-3-9-22-46)42-64(68)71(53-25-12-5-13-26-53)63-32-18-30-56-49-40-51-41-50-39-48(43-69(50,51)44-49)54-27-14-15-29-57(54)66(56)63/h2-38,42,48-51,67H,39-41,43-44H2,1H3. The van der Waals surface area contributed by atoms with Crippen LogP contribution in [0.4, 0.5) is 28.4 Å². The van der Waals surface area contributed by atoms with E-state index in [1.54, 1.807) is 11.1 Å². The molecule has 2 heteroatoms. The molecule has 7 unspecified atom stereocenters. The molecular formula is C69H56N2. The van der Waals surface area contributed by atoms with Crippen LogP contribution in [0.2, 0.25) is 0 Å². The monoisotopic (exact) mass is 912 g/mol. The fourth-order valence-electron chi connectivity index (χ4n) is 15.5. The van der Waals surface area contributed by atoms with Crippen LogP contribution >= 0.6 is 0 Å². The number of nitrogens with zero attached hydrogens (tertiary/aromatic N) is 2. The first-order valence-corrected chi connectivity index (χ1v) is 26.2. The number of para-hydroxylation sites is 3.